The van der Waals surface area contributed by atoms with Gasteiger partial charge in [-0.05, 0) is 79.9 Å². The minimum atomic E-state index is -1.92. The molecule has 0 radical (unpaired) electrons. The number of fused-ring (bicyclic) bond motifs is 10. The summed E-state index contributed by atoms with van der Waals surface area (Å²) in [4.78, 5) is 87.1. The molecule has 4 aliphatic heterocycles. The Hall–Kier alpha value is -7.04. The number of hydrogen-bond acceptors (Lipinski definition) is 14. The molecule has 2 N–H and O–H groups in total. The van der Waals surface area contributed by atoms with Crippen molar-refractivity contribution in [1.82, 2.24) is 19.1 Å². The summed E-state index contributed by atoms with van der Waals surface area (Å²) in [6.45, 7) is 3.30. The molecule has 0 aliphatic carbocycles. The molecule has 0 saturated heterocycles. The third-order valence-electron chi connectivity index (χ3n) is 12.2. The number of carbonyl (C=O) groups is 4. The van der Waals surface area contributed by atoms with Crippen molar-refractivity contribution in [1.29, 1.82) is 0 Å². The van der Waals surface area contributed by atoms with E-state index in [2.05, 4.69) is 0 Å². The molecular formula is C45H36N4O12. The van der Waals surface area contributed by atoms with E-state index in [1.807, 2.05) is 12.1 Å². The molecule has 0 fully saturated rings. The fourth-order valence-electron chi connectivity index (χ4n) is 8.80. The second kappa shape index (κ2) is 13.8. The third kappa shape index (κ3) is 5.88. The van der Waals surface area contributed by atoms with Crippen molar-refractivity contribution in [2.75, 3.05) is 0 Å². The Morgan fingerprint density at radius 2 is 1.08 bits per heavy atom. The maximum Gasteiger partial charge on any atom is 0.343 e. The van der Waals surface area contributed by atoms with Gasteiger partial charge in [-0.3, -0.25) is 19.2 Å². The Morgan fingerprint density at radius 3 is 1.49 bits per heavy atom. The van der Waals surface area contributed by atoms with Crippen LogP contribution < -0.4 is 20.6 Å². The molecule has 6 aromatic rings. The predicted molar refractivity (Wildman–Crippen MR) is 214 cm³/mol. The highest BCUT2D eigenvalue weighted by atomic mass is 16.6. The van der Waals surface area contributed by atoms with Crippen LogP contribution in [0.2, 0.25) is 0 Å². The molecule has 0 amide bonds. The largest absolute Gasteiger partial charge is 0.458 e. The molecule has 61 heavy (non-hydrogen) atoms. The SMILES string of the molecule is CCC1(O)C(=O)OCc2c1cc1n(c2=O)Cc2cc3cc(OC(=O)CCCC(=O)Oc4ccc5nc6c(cc5c4)Cn4c-6cc5c(c4=O)COC(=O)C5(O)CC)ccc3nc2-1. The van der Waals surface area contributed by atoms with Crippen LogP contribution in [-0.4, -0.2) is 53.2 Å². The van der Waals surface area contributed by atoms with Crippen LogP contribution >= 0.6 is 0 Å². The minimum absolute atomic E-state index is 0.0411. The number of pyridine rings is 4. The number of aliphatic hydroxyl groups is 2. The Labute approximate surface area is 344 Å². The zero-order chi connectivity index (χ0) is 42.5. The first kappa shape index (κ1) is 38.2. The molecule has 8 heterocycles. The van der Waals surface area contributed by atoms with E-state index in [4.69, 9.17) is 28.9 Å². The fraction of sp³-hybridized carbons (Fsp3) is 0.289. The summed E-state index contributed by atoms with van der Waals surface area (Å²) in [5.74, 6) is -2.11. The van der Waals surface area contributed by atoms with Crippen molar-refractivity contribution in [3.8, 4) is 34.3 Å². The quantitative estimate of drug-likeness (QED) is 0.163. The van der Waals surface area contributed by atoms with E-state index in [0.29, 0.717) is 44.6 Å². The molecule has 16 heteroatoms. The molecule has 16 nitrogen and oxygen atoms in total. The van der Waals surface area contributed by atoms with Crippen molar-refractivity contribution >= 4 is 45.7 Å². The van der Waals surface area contributed by atoms with Crippen molar-refractivity contribution in [3.63, 3.8) is 0 Å². The highest BCUT2D eigenvalue weighted by Crippen LogP contribution is 2.41. The van der Waals surface area contributed by atoms with Crippen LogP contribution in [0.1, 0.15) is 79.3 Å². The van der Waals surface area contributed by atoms with Crippen LogP contribution in [0.3, 0.4) is 0 Å². The molecule has 0 bridgehead atoms. The molecule has 0 saturated carbocycles. The highest BCUT2D eigenvalue weighted by Gasteiger charge is 2.46. The number of hydrogen-bond donors (Lipinski definition) is 2. The van der Waals surface area contributed by atoms with Gasteiger partial charge >= 0.3 is 23.9 Å². The van der Waals surface area contributed by atoms with E-state index in [-0.39, 0.29) is 103 Å². The van der Waals surface area contributed by atoms with Gasteiger partial charge in [0, 0.05) is 45.9 Å². The Morgan fingerprint density at radius 1 is 0.656 bits per heavy atom. The Bertz CT molecular complexity index is 2910. The van der Waals surface area contributed by atoms with E-state index < -0.39 is 35.1 Å². The smallest absolute Gasteiger partial charge is 0.343 e. The van der Waals surface area contributed by atoms with Crippen molar-refractivity contribution in [2.24, 2.45) is 0 Å². The van der Waals surface area contributed by atoms with Crippen LogP contribution in [-0.2, 0) is 66.2 Å². The summed E-state index contributed by atoms with van der Waals surface area (Å²) in [7, 11) is 0. The summed E-state index contributed by atoms with van der Waals surface area (Å²) < 4.78 is 24.6. The van der Waals surface area contributed by atoms with Crippen LogP contribution in [0.4, 0.5) is 0 Å². The lowest BCUT2D eigenvalue weighted by Gasteiger charge is -2.31. The van der Waals surface area contributed by atoms with E-state index in [0.717, 1.165) is 11.1 Å². The summed E-state index contributed by atoms with van der Waals surface area (Å²) >= 11 is 0. The number of esters is 4. The van der Waals surface area contributed by atoms with Gasteiger partial charge in [0.05, 0.1) is 58.0 Å². The molecule has 308 valence electrons. The first-order valence-corrected chi connectivity index (χ1v) is 19.9. The monoisotopic (exact) mass is 824 g/mol. The van der Waals surface area contributed by atoms with Gasteiger partial charge in [0.15, 0.2) is 11.2 Å². The zero-order valence-corrected chi connectivity index (χ0v) is 32.9. The fourth-order valence-corrected chi connectivity index (χ4v) is 8.80. The van der Waals surface area contributed by atoms with Gasteiger partial charge < -0.3 is 38.3 Å². The highest BCUT2D eigenvalue weighted by molar-refractivity contribution is 5.89. The lowest BCUT2D eigenvalue weighted by molar-refractivity contribution is -0.172. The van der Waals surface area contributed by atoms with Crippen LogP contribution in [0.25, 0.3) is 44.6 Å². The number of cyclic esters (lactones) is 2. The van der Waals surface area contributed by atoms with Gasteiger partial charge in [0.2, 0.25) is 0 Å². The summed E-state index contributed by atoms with van der Waals surface area (Å²) in [6, 6.07) is 17.0. The number of aromatic nitrogens is 4. The molecule has 4 aromatic heterocycles. The Kier molecular flexibility index (Phi) is 8.61. The molecule has 2 atom stereocenters. The van der Waals surface area contributed by atoms with Crippen molar-refractivity contribution < 1.29 is 48.3 Å². The van der Waals surface area contributed by atoms with Gasteiger partial charge in [-0.25, -0.2) is 19.6 Å². The molecule has 2 aromatic carbocycles. The third-order valence-corrected chi connectivity index (χ3v) is 12.2. The summed E-state index contributed by atoms with van der Waals surface area (Å²) in [5, 5.41) is 23.6. The molecule has 10 rings (SSSR count). The average Bonchev–Trinajstić information content (AvgIpc) is 3.79. The predicted octanol–water partition coefficient (Wildman–Crippen LogP) is 4.15. The van der Waals surface area contributed by atoms with Gasteiger partial charge in [-0.2, -0.15) is 0 Å². The Balaban J connectivity index is 0.781. The maximum absolute atomic E-state index is 13.5. The number of rotatable bonds is 8. The normalized spacial score (nSPS) is 19.3. The van der Waals surface area contributed by atoms with Crippen LogP contribution in [0.5, 0.6) is 11.5 Å². The summed E-state index contributed by atoms with van der Waals surface area (Å²) in [6.07, 6.45) is 0.146. The van der Waals surface area contributed by atoms with Gasteiger partial charge in [0.25, 0.3) is 11.1 Å². The number of nitrogens with zero attached hydrogens (tertiary/aromatic N) is 4. The van der Waals surface area contributed by atoms with E-state index in [9.17, 15) is 39.0 Å². The van der Waals surface area contributed by atoms with Gasteiger partial charge in [-0.15, -0.1) is 0 Å². The average molecular weight is 825 g/mol. The van der Waals surface area contributed by atoms with E-state index >= 15 is 0 Å². The first-order valence-electron chi connectivity index (χ1n) is 19.9. The molecule has 4 aliphatic rings. The standard InChI is InChI=1S/C45H36N4O12/c1-3-44(56)30-16-34-38-24(18-48(34)40(52)28(30)20-58-42(44)54)12-22-14-26(8-10-32(22)46-38)60-36(50)6-5-7-37(51)61-27-9-11-33-23(15-27)13-25-19-49-35(39(25)47-33)17-31-29(41(49)53)21-59-43(55)45(31,57)4-2/h8-17,56-57H,3-7,18-21H2,1-2H3. The number of ether oxygens (including phenoxy) is 4. The van der Waals surface area contributed by atoms with Crippen LogP contribution in [0.15, 0.2) is 70.3 Å². The van der Waals surface area contributed by atoms with Gasteiger partial charge in [-0.1, -0.05) is 13.8 Å². The second-order valence-electron chi connectivity index (χ2n) is 15.7. The molecule has 2 unspecified atom stereocenters. The zero-order valence-electron chi connectivity index (χ0n) is 32.9. The lowest BCUT2D eigenvalue weighted by Crippen LogP contribution is -2.44. The van der Waals surface area contributed by atoms with E-state index in [1.165, 1.54) is 0 Å². The maximum atomic E-state index is 13.5. The lowest BCUT2D eigenvalue weighted by atomic mass is 9.86. The van der Waals surface area contributed by atoms with Crippen molar-refractivity contribution in [3.05, 3.63) is 115 Å². The topological polar surface area (TPSA) is 215 Å². The summed E-state index contributed by atoms with van der Waals surface area (Å²) in [5.41, 5.74) is 1.11. The minimum Gasteiger partial charge on any atom is -0.458 e. The molecule has 0 spiro atoms. The van der Waals surface area contributed by atoms with Crippen LogP contribution in [0, 0.1) is 0 Å². The molecular weight excluding hydrogens is 789 g/mol. The second-order valence-corrected chi connectivity index (χ2v) is 15.7. The van der Waals surface area contributed by atoms with E-state index in [1.54, 1.807) is 71.5 Å². The number of benzene rings is 2. The number of carbonyl (C=O) groups excluding carboxylic acids is 4. The first-order chi connectivity index (χ1) is 29.3. The van der Waals surface area contributed by atoms with Gasteiger partial charge in [0.1, 0.15) is 24.7 Å². The van der Waals surface area contributed by atoms with Crippen molar-refractivity contribution in [2.45, 2.75) is 83.5 Å².